The molecule has 1 aromatic rings. The van der Waals surface area contributed by atoms with E-state index in [1.54, 1.807) is 7.11 Å². The molecule has 0 atom stereocenters. The van der Waals surface area contributed by atoms with Crippen molar-refractivity contribution in [3.8, 4) is 11.5 Å². The Labute approximate surface area is 181 Å². The highest BCUT2D eigenvalue weighted by molar-refractivity contribution is 5.85. The molecule has 0 aromatic heterocycles. The van der Waals surface area contributed by atoms with Gasteiger partial charge in [-0.05, 0) is 62.9 Å². The zero-order valence-electron chi connectivity index (χ0n) is 16.8. The minimum absolute atomic E-state index is 0. The first kappa shape index (κ1) is 23.6. The van der Waals surface area contributed by atoms with Crippen molar-refractivity contribution >= 4 is 24.8 Å². The molecule has 0 spiro atoms. The molecule has 0 N–H and O–H groups in total. The van der Waals surface area contributed by atoms with Crippen molar-refractivity contribution in [1.29, 1.82) is 0 Å². The van der Waals surface area contributed by atoms with Crippen molar-refractivity contribution in [2.24, 2.45) is 5.92 Å². The van der Waals surface area contributed by atoms with Crippen LogP contribution in [0.25, 0.3) is 0 Å². The second-order valence-corrected chi connectivity index (χ2v) is 7.95. The number of methoxy groups -OCH3 is 1. The average Bonchev–Trinajstić information content (AvgIpc) is 3.14. The van der Waals surface area contributed by atoms with Gasteiger partial charge in [0.15, 0.2) is 0 Å². The Balaban J connectivity index is 0.00000140. The van der Waals surface area contributed by atoms with Crippen LogP contribution in [-0.4, -0.2) is 69.0 Å². The zero-order valence-corrected chi connectivity index (χ0v) is 18.4. The van der Waals surface area contributed by atoms with Crippen LogP contribution < -0.4 is 9.47 Å². The molecule has 4 rings (SSSR count). The summed E-state index contributed by atoms with van der Waals surface area (Å²) in [6, 6.07) is 6.30. The first-order chi connectivity index (χ1) is 12.8. The predicted octanol–water partition coefficient (Wildman–Crippen LogP) is 3.62. The minimum Gasteiger partial charge on any atom is -0.496 e. The molecule has 0 radical (unpaired) electrons. The summed E-state index contributed by atoms with van der Waals surface area (Å²) in [6.07, 6.45) is 5.33. The number of ether oxygens (including phenoxy) is 3. The molecule has 2 saturated heterocycles. The normalized spacial score (nSPS) is 25.3. The van der Waals surface area contributed by atoms with E-state index in [2.05, 4.69) is 28.0 Å². The predicted molar refractivity (Wildman–Crippen MR) is 116 cm³/mol. The summed E-state index contributed by atoms with van der Waals surface area (Å²) >= 11 is 0. The van der Waals surface area contributed by atoms with Crippen LogP contribution in [0.3, 0.4) is 0 Å². The van der Waals surface area contributed by atoms with E-state index in [0.29, 0.717) is 6.10 Å². The van der Waals surface area contributed by atoms with Gasteiger partial charge in [0.2, 0.25) is 0 Å². The summed E-state index contributed by atoms with van der Waals surface area (Å²) in [4.78, 5) is 5.04. The molecular weight excluding hydrogens is 399 g/mol. The van der Waals surface area contributed by atoms with Crippen LogP contribution in [0.15, 0.2) is 18.2 Å². The fraction of sp³-hybridized carbons (Fsp3) is 0.714. The van der Waals surface area contributed by atoms with E-state index in [9.17, 15) is 0 Å². The van der Waals surface area contributed by atoms with Crippen molar-refractivity contribution in [2.45, 2.75) is 38.3 Å². The van der Waals surface area contributed by atoms with E-state index >= 15 is 0 Å². The second kappa shape index (κ2) is 11.5. The van der Waals surface area contributed by atoms with E-state index < -0.39 is 0 Å². The molecule has 3 fully saturated rings. The number of benzene rings is 1. The molecule has 28 heavy (non-hydrogen) atoms. The quantitative estimate of drug-likeness (QED) is 0.656. The number of nitrogens with zero attached hydrogens (tertiary/aromatic N) is 2. The van der Waals surface area contributed by atoms with Crippen molar-refractivity contribution in [1.82, 2.24) is 9.80 Å². The number of hydrogen-bond acceptors (Lipinski definition) is 5. The minimum atomic E-state index is 0. The third-order valence-electron chi connectivity index (χ3n) is 5.96. The first-order valence-corrected chi connectivity index (χ1v) is 10.2. The highest BCUT2D eigenvalue weighted by Crippen LogP contribution is 2.34. The molecule has 2 heterocycles. The van der Waals surface area contributed by atoms with Gasteiger partial charge in [-0.1, -0.05) is 0 Å². The van der Waals surface area contributed by atoms with E-state index in [1.165, 1.54) is 50.9 Å². The third kappa shape index (κ3) is 6.14. The molecule has 1 aliphatic carbocycles. The van der Waals surface area contributed by atoms with Crippen LogP contribution in [0.4, 0.5) is 0 Å². The average molecular weight is 433 g/mol. The first-order valence-electron chi connectivity index (χ1n) is 10.2. The number of rotatable bonds is 7. The summed E-state index contributed by atoms with van der Waals surface area (Å²) in [6.45, 7) is 8.49. The lowest BCUT2D eigenvalue weighted by Gasteiger charge is -2.39. The Morgan fingerprint density at radius 1 is 1.00 bits per heavy atom. The third-order valence-corrected chi connectivity index (χ3v) is 5.96. The number of morpholine rings is 1. The molecule has 7 heteroatoms. The van der Waals surface area contributed by atoms with Crippen LogP contribution in [0, 0.1) is 5.92 Å². The van der Waals surface area contributed by atoms with Crippen molar-refractivity contribution < 1.29 is 14.2 Å². The highest BCUT2D eigenvalue weighted by atomic mass is 35.5. The van der Waals surface area contributed by atoms with Gasteiger partial charge < -0.3 is 14.2 Å². The van der Waals surface area contributed by atoms with Gasteiger partial charge in [0.25, 0.3) is 0 Å². The molecule has 0 bridgehead atoms. The lowest BCUT2D eigenvalue weighted by Crippen LogP contribution is -2.45. The summed E-state index contributed by atoms with van der Waals surface area (Å²) in [5.74, 6) is 2.75. The fourth-order valence-corrected chi connectivity index (χ4v) is 4.39. The molecular formula is C21H34Cl2N2O3. The van der Waals surface area contributed by atoms with Crippen LogP contribution in [0.1, 0.15) is 31.2 Å². The largest absolute Gasteiger partial charge is 0.496 e. The monoisotopic (exact) mass is 432 g/mol. The molecule has 160 valence electrons. The second-order valence-electron chi connectivity index (χ2n) is 7.95. The van der Waals surface area contributed by atoms with Crippen molar-refractivity contribution in [2.75, 3.05) is 53.0 Å². The van der Waals surface area contributed by atoms with Gasteiger partial charge in [-0.2, -0.15) is 0 Å². The summed E-state index contributed by atoms with van der Waals surface area (Å²) in [7, 11) is 1.76. The summed E-state index contributed by atoms with van der Waals surface area (Å²) in [5, 5.41) is 0. The van der Waals surface area contributed by atoms with E-state index in [-0.39, 0.29) is 24.8 Å². The maximum Gasteiger partial charge on any atom is 0.123 e. The van der Waals surface area contributed by atoms with Crippen LogP contribution in [0.2, 0.25) is 0 Å². The van der Waals surface area contributed by atoms with Crippen molar-refractivity contribution in [3.63, 3.8) is 0 Å². The lowest BCUT2D eigenvalue weighted by molar-refractivity contribution is 0.000101. The Morgan fingerprint density at radius 3 is 2.39 bits per heavy atom. The van der Waals surface area contributed by atoms with Gasteiger partial charge in [-0.25, -0.2) is 0 Å². The number of hydrogen-bond donors (Lipinski definition) is 0. The molecule has 0 unspecified atom stereocenters. The number of halogens is 2. The Morgan fingerprint density at radius 2 is 1.71 bits per heavy atom. The summed E-state index contributed by atoms with van der Waals surface area (Å²) in [5.41, 5.74) is 1.25. The van der Waals surface area contributed by atoms with E-state index in [4.69, 9.17) is 14.2 Å². The smallest absolute Gasteiger partial charge is 0.123 e. The standard InChI is InChI=1S/C21H32N2O3.2ClH/c1-24-21-5-4-19(14-18(21)16-22-6-2-3-7-22)26-20-12-17(13-20)15-23-8-10-25-11-9-23;;/h4-5,14,17,20H,2-3,6-13,15-16H2,1H3;2*1H. The van der Waals surface area contributed by atoms with Crippen molar-refractivity contribution in [3.05, 3.63) is 23.8 Å². The Hall–Kier alpha value is -0.720. The molecule has 1 saturated carbocycles. The van der Waals surface area contributed by atoms with E-state index in [1.807, 2.05) is 0 Å². The maximum absolute atomic E-state index is 6.26. The Bertz CT molecular complexity index is 587. The topological polar surface area (TPSA) is 34.2 Å². The number of likely N-dealkylation sites (tertiary alicyclic amines) is 1. The molecule has 5 nitrogen and oxygen atoms in total. The van der Waals surface area contributed by atoms with Crippen LogP contribution in [0.5, 0.6) is 11.5 Å². The highest BCUT2D eigenvalue weighted by Gasteiger charge is 2.32. The SMILES string of the molecule is COc1ccc(OC2CC(CN3CCOCC3)C2)cc1CN1CCCC1.Cl.Cl. The van der Waals surface area contributed by atoms with Crippen LogP contribution in [-0.2, 0) is 11.3 Å². The molecule has 1 aromatic carbocycles. The van der Waals surface area contributed by atoms with Crippen LogP contribution >= 0.6 is 24.8 Å². The lowest BCUT2D eigenvalue weighted by atomic mass is 9.81. The van der Waals surface area contributed by atoms with Gasteiger partial charge >= 0.3 is 0 Å². The van der Waals surface area contributed by atoms with Gasteiger partial charge in [0.1, 0.15) is 11.5 Å². The van der Waals surface area contributed by atoms with E-state index in [0.717, 1.165) is 50.3 Å². The van der Waals surface area contributed by atoms with Gasteiger partial charge in [-0.15, -0.1) is 24.8 Å². The Kier molecular flexibility index (Phi) is 9.64. The van der Waals surface area contributed by atoms with Gasteiger partial charge in [0, 0.05) is 31.7 Å². The zero-order chi connectivity index (χ0) is 17.8. The maximum atomic E-state index is 6.26. The van der Waals surface area contributed by atoms with Gasteiger partial charge in [-0.3, -0.25) is 9.80 Å². The molecule has 3 aliphatic rings. The van der Waals surface area contributed by atoms with Gasteiger partial charge in [0.05, 0.1) is 26.4 Å². The summed E-state index contributed by atoms with van der Waals surface area (Å²) < 4.78 is 17.2. The molecule has 2 aliphatic heterocycles. The fourth-order valence-electron chi connectivity index (χ4n) is 4.39. The molecule has 0 amide bonds.